The molecule has 0 heterocycles. The lowest BCUT2D eigenvalue weighted by Gasteiger charge is -2.11. The Morgan fingerprint density at radius 2 is 2.00 bits per heavy atom. The summed E-state index contributed by atoms with van der Waals surface area (Å²) in [7, 11) is 0. The number of carboxylic acids is 1. The molecule has 0 fully saturated rings. The second-order valence-electron chi connectivity index (χ2n) is 3.56. The molecule has 0 amide bonds. The summed E-state index contributed by atoms with van der Waals surface area (Å²) in [4.78, 5) is 10.6. The van der Waals surface area contributed by atoms with Crippen molar-refractivity contribution in [3.8, 4) is 0 Å². The van der Waals surface area contributed by atoms with Gasteiger partial charge in [-0.2, -0.15) is 0 Å². The lowest BCUT2D eigenvalue weighted by Crippen LogP contribution is -2.09. The van der Waals surface area contributed by atoms with Crippen LogP contribution in [0.5, 0.6) is 0 Å². The first-order valence-electron chi connectivity index (χ1n) is 4.98. The van der Waals surface area contributed by atoms with Crippen LogP contribution in [0.3, 0.4) is 0 Å². The van der Waals surface area contributed by atoms with Gasteiger partial charge in [0.15, 0.2) is 0 Å². The van der Waals surface area contributed by atoms with Gasteiger partial charge in [0.25, 0.3) is 0 Å². The Morgan fingerprint density at radius 3 is 2.50 bits per heavy atom. The van der Waals surface area contributed by atoms with Crippen molar-refractivity contribution in [1.29, 1.82) is 0 Å². The van der Waals surface area contributed by atoms with Crippen LogP contribution >= 0.6 is 0 Å². The summed E-state index contributed by atoms with van der Waals surface area (Å²) in [6.45, 7) is 2.04. The van der Waals surface area contributed by atoms with Crippen molar-refractivity contribution in [2.75, 3.05) is 0 Å². The molecule has 14 heavy (non-hydrogen) atoms. The second kappa shape index (κ2) is 5.43. The average molecular weight is 192 g/mol. The molecule has 1 aromatic rings. The van der Waals surface area contributed by atoms with Gasteiger partial charge in [0.05, 0.1) is 0 Å². The van der Waals surface area contributed by atoms with E-state index in [2.05, 4.69) is 0 Å². The third-order valence-corrected chi connectivity index (χ3v) is 2.41. The molecule has 0 unspecified atom stereocenters. The Hall–Kier alpha value is -1.31. The van der Waals surface area contributed by atoms with Crippen molar-refractivity contribution in [1.82, 2.24) is 0 Å². The molecule has 0 aliphatic rings. The fraction of sp³-hybridized carbons (Fsp3) is 0.417. The summed E-state index contributed by atoms with van der Waals surface area (Å²) in [5.74, 6) is -0.442. The van der Waals surface area contributed by atoms with E-state index in [9.17, 15) is 4.79 Å². The molecule has 2 heteroatoms. The number of benzene rings is 1. The van der Waals surface area contributed by atoms with E-state index in [1.54, 1.807) is 0 Å². The normalized spacial score (nSPS) is 12.4. The molecule has 0 aromatic heterocycles. The SMILES string of the molecule is CC[C@@H](CC(=O)O)Cc1ccccc1. The van der Waals surface area contributed by atoms with Gasteiger partial charge in [0.2, 0.25) is 0 Å². The quantitative estimate of drug-likeness (QED) is 0.778. The van der Waals surface area contributed by atoms with E-state index in [-0.39, 0.29) is 12.3 Å². The van der Waals surface area contributed by atoms with Gasteiger partial charge in [-0.05, 0) is 17.9 Å². The third kappa shape index (κ3) is 3.60. The lowest BCUT2D eigenvalue weighted by atomic mass is 9.94. The molecule has 0 aliphatic heterocycles. The number of carbonyl (C=O) groups is 1. The summed E-state index contributed by atoms with van der Waals surface area (Å²) >= 11 is 0. The number of hydrogen-bond donors (Lipinski definition) is 1. The van der Waals surface area contributed by atoms with E-state index in [1.165, 1.54) is 5.56 Å². The zero-order valence-corrected chi connectivity index (χ0v) is 8.44. The minimum absolute atomic E-state index is 0.259. The highest BCUT2D eigenvalue weighted by atomic mass is 16.4. The topological polar surface area (TPSA) is 37.3 Å². The van der Waals surface area contributed by atoms with Gasteiger partial charge >= 0.3 is 5.97 Å². The van der Waals surface area contributed by atoms with Crippen LogP contribution in [0.25, 0.3) is 0 Å². The summed E-state index contributed by atoms with van der Waals surface area (Å²) in [5.41, 5.74) is 1.22. The average Bonchev–Trinajstić information content (AvgIpc) is 2.17. The van der Waals surface area contributed by atoms with E-state index in [1.807, 2.05) is 37.3 Å². The second-order valence-corrected chi connectivity index (χ2v) is 3.56. The molecular weight excluding hydrogens is 176 g/mol. The highest BCUT2D eigenvalue weighted by molar-refractivity contribution is 5.67. The molecule has 1 aromatic carbocycles. The first-order valence-corrected chi connectivity index (χ1v) is 4.98. The summed E-state index contributed by atoms with van der Waals surface area (Å²) in [6, 6.07) is 10.0. The van der Waals surface area contributed by atoms with Crippen LogP contribution in [-0.4, -0.2) is 11.1 Å². The largest absolute Gasteiger partial charge is 0.481 e. The highest BCUT2D eigenvalue weighted by Gasteiger charge is 2.11. The Bertz CT molecular complexity index is 280. The molecule has 2 nitrogen and oxygen atoms in total. The lowest BCUT2D eigenvalue weighted by molar-refractivity contribution is -0.138. The van der Waals surface area contributed by atoms with Crippen LogP contribution < -0.4 is 0 Å². The number of carboxylic acid groups (broad SMARTS) is 1. The molecule has 0 radical (unpaired) electrons. The molecule has 1 N–H and O–H groups in total. The van der Waals surface area contributed by atoms with Crippen molar-refractivity contribution in [3.63, 3.8) is 0 Å². The standard InChI is InChI=1S/C12H16O2/c1-2-10(9-12(13)14)8-11-6-4-3-5-7-11/h3-7,10H,2,8-9H2,1H3,(H,13,14)/t10-/m1/s1. The maximum atomic E-state index is 10.6. The van der Waals surface area contributed by atoms with Crippen molar-refractivity contribution in [2.24, 2.45) is 5.92 Å². The summed E-state index contributed by atoms with van der Waals surface area (Å²) < 4.78 is 0. The van der Waals surface area contributed by atoms with Gasteiger partial charge in [0, 0.05) is 6.42 Å². The zero-order chi connectivity index (χ0) is 10.4. The van der Waals surface area contributed by atoms with Crippen LogP contribution in [0.15, 0.2) is 30.3 Å². The molecule has 0 spiro atoms. The monoisotopic (exact) mass is 192 g/mol. The Balaban J connectivity index is 2.53. The van der Waals surface area contributed by atoms with Gasteiger partial charge in [-0.3, -0.25) is 4.79 Å². The first-order chi connectivity index (χ1) is 6.72. The fourth-order valence-corrected chi connectivity index (χ4v) is 1.56. The van der Waals surface area contributed by atoms with Crippen molar-refractivity contribution >= 4 is 5.97 Å². The van der Waals surface area contributed by atoms with Gasteiger partial charge in [0.1, 0.15) is 0 Å². The van der Waals surface area contributed by atoms with Gasteiger partial charge in [-0.1, -0.05) is 43.7 Å². The smallest absolute Gasteiger partial charge is 0.303 e. The molecule has 0 saturated heterocycles. The molecule has 1 atom stereocenters. The van der Waals surface area contributed by atoms with Crippen LogP contribution in [0.2, 0.25) is 0 Å². The summed E-state index contributed by atoms with van der Waals surface area (Å²) in [6.07, 6.45) is 2.05. The van der Waals surface area contributed by atoms with Crippen LogP contribution in [0, 0.1) is 5.92 Å². The third-order valence-electron chi connectivity index (χ3n) is 2.41. The minimum atomic E-state index is -0.701. The van der Waals surface area contributed by atoms with E-state index in [4.69, 9.17) is 5.11 Å². The first kappa shape index (κ1) is 10.8. The number of rotatable bonds is 5. The Morgan fingerprint density at radius 1 is 1.36 bits per heavy atom. The van der Waals surface area contributed by atoms with E-state index < -0.39 is 5.97 Å². The molecule has 0 aliphatic carbocycles. The van der Waals surface area contributed by atoms with Crippen LogP contribution in [-0.2, 0) is 11.2 Å². The minimum Gasteiger partial charge on any atom is -0.481 e. The van der Waals surface area contributed by atoms with Crippen LogP contribution in [0.4, 0.5) is 0 Å². The number of hydrogen-bond acceptors (Lipinski definition) is 1. The van der Waals surface area contributed by atoms with Crippen LogP contribution in [0.1, 0.15) is 25.3 Å². The van der Waals surface area contributed by atoms with Crippen molar-refractivity contribution in [2.45, 2.75) is 26.2 Å². The van der Waals surface area contributed by atoms with E-state index in [0.717, 1.165) is 12.8 Å². The van der Waals surface area contributed by atoms with Gasteiger partial charge < -0.3 is 5.11 Å². The van der Waals surface area contributed by atoms with Gasteiger partial charge in [-0.25, -0.2) is 0 Å². The molecule has 0 bridgehead atoms. The molecular formula is C12H16O2. The zero-order valence-electron chi connectivity index (χ0n) is 8.44. The maximum Gasteiger partial charge on any atom is 0.303 e. The highest BCUT2D eigenvalue weighted by Crippen LogP contribution is 2.15. The predicted molar refractivity (Wildman–Crippen MR) is 56.2 cm³/mol. The van der Waals surface area contributed by atoms with E-state index >= 15 is 0 Å². The Kier molecular flexibility index (Phi) is 4.17. The number of aliphatic carboxylic acids is 1. The maximum absolute atomic E-state index is 10.6. The predicted octanol–water partition coefficient (Wildman–Crippen LogP) is 2.73. The summed E-state index contributed by atoms with van der Waals surface area (Å²) in [5, 5.41) is 8.69. The van der Waals surface area contributed by atoms with Crippen molar-refractivity contribution in [3.05, 3.63) is 35.9 Å². The fourth-order valence-electron chi connectivity index (χ4n) is 1.56. The molecule has 0 saturated carbocycles. The van der Waals surface area contributed by atoms with Crippen molar-refractivity contribution < 1.29 is 9.90 Å². The van der Waals surface area contributed by atoms with Gasteiger partial charge in [-0.15, -0.1) is 0 Å². The van der Waals surface area contributed by atoms with E-state index in [0.29, 0.717) is 0 Å². The molecule has 1 rings (SSSR count). The molecule has 76 valence electrons. The Labute approximate surface area is 84.6 Å².